The second kappa shape index (κ2) is 7.39. The first-order valence-corrected chi connectivity index (χ1v) is 14.5. The summed E-state index contributed by atoms with van der Waals surface area (Å²) in [6.07, 6.45) is 2.19. The standard InChI is InChI=1S/C30H26N4O.Bi.2H/c1-18-25(35-5)15-14-24-27(18)34(29-31-22-12-8-9-13-23(22)33(24)29)28-26-20(16-17-32(28)4)19-10-6-7-11-21(19)30(26,2)3;;;/h6-11,13-17H,1-5H3;;;/q+1;;;. The van der Waals surface area contributed by atoms with Gasteiger partial charge in [0.1, 0.15) is 0 Å². The number of fused-ring (bicyclic) bond motifs is 8. The molecule has 3 heterocycles. The summed E-state index contributed by atoms with van der Waals surface area (Å²) >= 11 is 0.713. The Bertz CT molecular complexity index is 1890. The number of hydrogen-bond acceptors (Lipinski definition) is 2. The molecule has 0 saturated heterocycles. The Balaban J connectivity index is 1.73. The maximum absolute atomic E-state index is 5.79. The van der Waals surface area contributed by atoms with Crippen LogP contribution in [0.2, 0.25) is 0 Å². The molecule has 0 saturated carbocycles. The molecule has 5 nitrogen and oxygen atoms in total. The molecule has 0 fully saturated rings. The van der Waals surface area contributed by atoms with Gasteiger partial charge in [-0.25, -0.2) is 0 Å². The van der Waals surface area contributed by atoms with Gasteiger partial charge in [-0.2, -0.15) is 0 Å². The second-order valence-electron chi connectivity index (χ2n) is 10.3. The number of ether oxygens (including phenoxy) is 1. The van der Waals surface area contributed by atoms with Crippen molar-refractivity contribution in [2.75, 3.05) is 7.11 Å². The number of benzene rings is 3. The zero-order valence-electron chi connectivity index (χ0n) is 21.1. The average Bonchev–Trinajstić information content (AvgIpc) is 3.47. The molecule has 3 aromatic carbocycles. The fourth-order valence-corrected chi connectivity index (χ4v) is 7.55. The monoisotopic (exact) mass is 669 g/mol. The summed E-state index contributed by atoms with van der Waals surface area (Å²) in [5.41, 5.74) is 10.8. The van der Waals surface area contributed by atoms with Crippen molar-refractivity contribution in [3.05, 3.63) is 83.6 Å². The van der Waals surface area contributed by atoms with Crippen LogP contribution in [0.3, 0.4) is 0 Å². The van der Waals surface area contributed by atoms with E-state index in [1.54, 1.807) is 7.11 Å². The van der Waals surface area contributed by atoms with Gasteiger partial charge in [0.2, 0.25) is 0 Å². The average molecular weight is 670 g/mol. The van der Waals surface area contributed by atoms with Crippen LogP contribution in [0.25, 0.3) is 44.8 Å². The summed E-state index contributed by atoms with van der Waals surface area (Å²) in [6, 6.07) is 21.9. The molecule has 0 spiro atoms. The molecular weight excluding hydrogens is 641 g/mol. The quantitative estimate of drug-likeness (QED) is 0.206. The molecule has 1 aliphatic carbocycles. The third-order valence-electron chi connectivity index (χ3n) is 7.96. The van der Waals surface area contributed by atoms with E-state index < -0.39 is 0 Å². The van der Waals surface area contributed by atoms with Crippen molar-refractivity contribution in [2.24, 2.45) is 7.05 Å². The number of methoxy groups -OCH3 is 1. The number of aryl methyl sites for hydroxylation is 2. The van der Waals surface area contributed by atoms with E-state index in [4.69, 9.17) is 9.72 Å². The van der Waals surface area contributed by atoms with Gasteiger partial charge >= 0.3 is 226 Å². The van der Waals surface area contributed by atoms with Crippen LogP contribution >= 0.6 is 0 Å². The molecule has 36 heavy (non-hydrogen) atoms. The van der Waals surface area contributed by atoms with E-state index in [0.717, 1.165) is 45.0 Å². The fourth-order valence-electron chi connectivity index (χ4n) is 6.29. The van der Waals surface area contributed by atoms with Crippen LogP contribution in [0.4, 0.5) is 0 Å². The van der Waals surface area contributed by atoms with Crippen LogP contribution in [0.15, 0.2) is 66.9 Å². The fraction of sp³-hybridized carbons (Fsp3) is 0.200. The van der Waals surface area contributed by atoms with E-state index in [1.807, 2.05) is 0 Å². The number of hydrogen-bond donors (Lipinski definition) is 0. The number of aromatic nitrogens is 4. The molecule has 0 aliphatic heterocycles. The van der Waals surface area contributed by atoms with E-state index in [9.17, 15) is 0 Å². The summed E-state index contributed by atoms with van der Waals surface area (Å²) in [5, 5.41) is 0. The van der Waals surface area contributed by atoms with Crippen LogP contribution in [0.1, 0.15) is 30.5 Å². The van der Waals surface area contributed by atoms with Crippen LogP contribution in [-0.2, 0) is 12.5 Å². The Kier molecular flexibility index (Phi) is 4.52. The van der Waals surface area contributed by atoms with Gasteiger partial charge in [0, 0.05) is 0 Å². The zero-order chi connectivity index (χ0) is 24.9. The van der Waals surface area contributed by atoms with Crippen molar-refractivity contribution in [1.82, 2.24) is 14.0 Å². The van der Waals surface area contributed by atoms with E-state index in [2.05, 4.69) is 108 Å². The van der Waals surface area contributed by atoms with Gasteiger partial charge in [0.15, 0.2) is 0 Å². The molecule has 0 atom stereocenters. The van der Waals surface area contributed by atoms with Crippen molar-refractivity contribution in [2.45, 2.75) is 26.2 Å². The van der Waals surface area contributed by atoms with E-state index in [1.165, 1.54) is 25.5 Å². The van der Waals surface area contributed by atoms with Gasteiger partial charge < -0.3 is 0 Å². The first-order valence-electron chi connectivity index (χ1n) is 12.2. The molecule has 0 amide bonds. The molecule has 1 aliphatic rings. The minimum atomic E-state index is -0.156. The Morgan fingerprint density at radius 1 is 0.944 bits per heavy atom. The van der Waals surface area contributed by atoms with Gasteiger partial charge in [-0.1, -0.05) is 0 Å². The van der Waals surface area contributed by atoms with E-state index >= 15 is 0 Å². The minimum absolute atomic E-state index is 0.156. The van der Waals surface area contributed by atoms with Crippen molar-refractivity contribution >= 4 is 55.8 Å². The van der Waals surface area contributed by atoms with Crippen molar-refractivity contribution in [1.29, 1.82) is 0 Å². The topological polar surface area (TPSA) is 35.3 Å². The van der Waals surface area contributed by atoms with Gasteiger partial charge in [-0.05, 0) is 0 Å². The first-order chi connectivity index (χ1) is 17.3. The van der Waals surface area contributed by atoms with Gasteiger partial charge in [0.25, 0.3) is 0 Å². The number of pyridine rings is 1. The van der Waals surface area contributed by atoms with Gasteiger partial charge in [0.05, 0.1) is 0 Å². The Hall–Kier alpha value is -3.24. The molecule has 7 rings (SSSR count). The van der Waals surface area contributed by atoms with Crippen LogP contribution in [0, 0.1) is 6.92 Å². The molecule has 0 unspecified atom stereocenters. The van der Waals surface area contributed by atoms with Crippen molar-refractivity contribution in [3.8, 4) is 22.7 Å². The number of nitrogens with zero attached hydrogens (tertiary/aromatic N) is 4. The van der Waals surface area contributed by atoms with E-state index in [0.29, 0.717) is 24.7 Å². The molecular formula is C30H28BiN4O+. The molecule has 0 radical (unpaired) electrons. The van der Waals surface area contributed by atoms with Crippen LogP contribution in [-0.4, -0.2) is 45.8 Å². The third-order valence-corrected chi connectivity index (χ3v) is 9.77. The SMILES string of the molecule is COc1ccc2c(c1C)n(-c1c3c(cc[n+]1C)-c1ccccc1C3(C)C)c1nc3[c]([BiH2])cccc3n21. The third kappa shape index (κ3) is 2.63. The number of imidazole rings is 2. The Labute approximate surface area is 224 Å². The van der Waals surface area contributed by atoms with Crippen LogP contribution in [0.5, 0.6) is 5.75 Å². The predicted molar refractivity (Wildman–Crippen MR) is 148 cm³/mol. The molecule has 178 valence electrons. The molecule has 3 aromatic heterocycles. The zero-order valence-corrected chi connectivity index (χ0v) is 25.6. The second-order valence-corrected chi connectivity index (χ2v) is 12.7. The van der Waals surface area contributed by atoms with Crippen molar-refractivity contribution in [3.63, 3.8) is 0 Å². The Morgan fingerprint density at radius 3 is 2.56 bits per heavy atom. The summed E-state index contributed by atoms with van der Waals surface area (Å²) in [5.74, 6) is 2.98. The normalized spacial score (nSPS) is 14.1. The van der Waals surface area contributed by atoms with Crippen LogP contribution < -0.4 is 12.6 Å². The first kappa shape index (κ1) is 22.0. The summed E-state index contributed by atoms with van der Waals surface area (Å²) in [6.45, 7) is 6.84. The number of rotatable bonds is 2. The molecule has 0 bridgehead atoms. The molecule has 6 heteroatoms. The maximum atomic E-state index is 5.79. The molecule has 0 N–H and O–H groups in total. The summed E-state index contributed by atoms with van der Waals surface area (Å²) in [7, 11) is 3.89. The summed E-state index contributed by atoms with van der Waals surface area (Å²) in [4.78, 5) is 5.30. The number of para-hydroxylation sites is 1. The molecule has 6 aromatic rings. The van der Waals surface area contributed by atoms with E-state index in [-0.39, 0.29) is 5.41 Å². The summed E-state index contributed by atoms with van der Waals surface area (Å²) < 4.78 is 14.1. The Morgan fingerprint density at radius 2 is 1.75 bits per heavy atom. The van der Waals surface area contributed by atoms with Gasteiger partial charge in [-0.3, -0.25) is 0 Å². The van der Waals surface area contributed by atoms with Gasteiger partial charge in [-0.15, -0.1) is 0 Å². The van der Waals surface area contributed by atoms with Crippen molar-refractivity contribution < 1.29 is 9.30 Å². The predicted octanol–water partition coefficient (Wildman–Crippen LogP) is 4.14.